The van der Waals surface area contributed by atoms with Crippen LogP contribution in [0.25, 0.3) is 0 Å². The van der Waals surface area contributed by atoms with Gasteiger partial charge in [-0.15, -0.1) is 0 Å². The quantitative estimate of drug-likeness (QED) is 0.825. The fraction of sp³-hybridized carbons (Fsp3) is 0.588. The Morgan fingerprint density at radius 1 is 1.19 bits per heavy atom. The van der Waals surface area contributed by atoms with Crippen LogP contribution in [0.4, 0.5) is 0 Å². The SMILES string of the molecule is CC(C(=O)N(C)Cc1ccc(Br)cc1)N1CCCCCC1. The topological polar surface area (TPSA) is 23.6 Å². The van der Waals surface area contributed by atoms with Gasteiger partial charge in [0.15, 0.2) is 0 Å². The normalized spacial score (nSPS) is 18.0. The molecule has 21 heavy (non-hydrogen) atoms. The minimum absolute atomic E-state index is 0.0106. The first-order chi connectivity index (χ1) is 10.1. The average molecular weight is 353 g/mol. The summed E-state index contributed by atoms with van der Waals surface area (Å²) in [5, 5.41) is 0. The Morgan fingerprint density at radius 2 is 1.76 bits per heavy atom. The summed E-state index contributed by atoms with van der Waals surface area (Å²) in [7, 11) is 1.90. The maximum atomic E-state index is 12.6. The van der Waals surface area contributed by atoms with Gasteiger partial charge in [0.1, 0.15) is 0 Å². The van der Waals surface area contributed by atoms with Crippen LogP contribution in [0, 0.1) is 0 Å². The van der Waals surface area contributed by atoms with Crippen LogP contribution < -0.4 is 0 Å². The van der Waals surface area contributed by atoms with Crippen LogP contribution in [-0.2, 0) is 11.3 Å². The summed E-state index contributed by atoms with van der Waals surface area (Å²) < 4.78 is 1.07. The lowest BCUT2D eigenvalue weighted by atomic mass is 10.2. The van der Waals surface area contributed by atoms with E-state index in [-0.39, 0.29) is 11.9 Å². The Kier molecular flexibility index (Phi) is 6.24. The second-order valence-electron chi connectivity index (χ2n) is 5.95. The first-order valence-electron chi connectivity index (χ1n) is 7.81. The number of carbonyl (C=O) groups excluding carboxylic acids is 1. The summed E-state index contributed by atoms with van der Waals surface area (Å²) in [4.78, 5) is 16.8. The molecule has 1 aliphatic rings. The molecule has 0 saturated carbocycles. The maximum Gasteiger partial charge on any atom is 0.239 e. The summed E-state index contributed by atoms with van der Waals surface area (Å²) in [6.45, 7) is 4.83. The van der Waals surface area contributed by atoms with Crippen LogP contribution >= 0.6 is 15.9 Å². The van der Waals surface area contributed by atoms with Gasteiger partial charge in [-0.2, -0.15) is 0 Å². The maximum absolute atomic E-state index is 12.6. The number of hydrogen-bond acceptors (Lipinski definition) is 2. The lowest BCUT2D eigenvalue weighted by Crippen LogP contribution is -2.45. The third kappa shape index (κ3) is 4.82. The van der Waals surface area contributed by atoms with Crippen LogP contribution in [-0.4, -0.2) is 41.9 Å². The molecule has 0 aromatic heterocycles. The van der Waals surface area contributed by atoms with Gasteiger partial charge in [0.05, 0.1) is 6.04 Å². The minimum atomic E-state index is -0.0106. The van der Waals surface area contributed by atoms with Crippen molar-refractivity contribution in [3.8, 4) is 0 Å². The Morgan fingerprint density at radius 3 is 2.33 bits per heavy atom. The molecule has 2 rings (SSSR count). The Hall–Kier alpha value is -0.870. The molecule has 1 saturated heterocycles. The third-order valence-electron chi connectivity index (χ3n) is 4.25. The molecule has 0 spiro atoms. The smallest absolute Gasteiger partial charge is 0.239 e. The number of likely N-dealkylation sites (N-methyl/N-ethyl adjacent to an activating group) is 1. The van der Waals surface area contributed by atoms with E-state index < -0.39 is 0 Å². The molecule has 3 nitrogen and oxygen atoms in total. The fourth-order valence-corrected chi connectivity index (χ4v) is 3.16. The predicted molar refractivity (Wildman–Crippen MR) is 90.1 cm³/mol. The summed E-state index contributed by atoms with van der Waals surface area (Å²) in [6.07, 6.45) is 5.03. The highest BCUT2D eigenvalue weighted by molar-refractivity contribution is 9.10. The van der Waals surface area contributed by atoms with E-state index in [2.05, 4.69) is 33.0 Å². The van der Waals surface area contributed by atoms with Gasteiger partial charge in [-0.1, -0.05) is 40.9 Å². The van der Waals surface area contributed by atoms with E-state index in [4.69, 9.17) is 0 Å². The molecule has 0 aliphatic carbocycles. The summed E-state index contributed by atoms with van der Waals surface area (Å²) >= 11 is 3.44. The van der Waals surface area contributed by atoms with Crippen molar-refractivity contribution in [2.24, 2.45) is 0 Å². The number of hydrogen-bond donors (Lipinski definition) is 0. The molecule has 1 heterocycles. The molecule has 0 radical (unpaired) electrons. The number of rotatable bonds is 4. The van der Waals surface area contributed by atoms with E-state index in [1.54, 1.807) is 0 Å². The molecule has 1 fully saturated rings. The van der Waals surface area contributed by atoms with Gasteiger partial charge in [-0.05, 0) is 50.6 Å². The van der Waals surface area contributed by atoms with Gasteiger partial charge in [-0.3, -0.25) is 9.69 Å². The molecular formula is C17H25BrN2O. The zero-order valence-corrected chi connectivity index (χ0v) is 14.6. The number of likely N-dealkylation sites (tertiary alicyclic amines) is 1. The molecule has 1 aliphatic heterocycles. The van der Waals surface area contributed by atoms with Crippen LogP contribution in [0.3, 0.4) is 0 Å². The highest BCUT2D eigenvalue weighted by Gasteiger charge is 2.24. The van der Waals surface area contributed by atoms with Gasteiger partial charge in [0.25, 0.3) is 0 Å². The van der Waals surface area contributed by atoms with Crippen molar-refractivity contribution in [1.82, 2.24) is 9.80 Å². The third-order valence-corrected chi connectivity index (χ3v) is 4.78. The van der Waals surface area contributed by atoms with Gasteiger partial charge in [0.2, 0.25) is 5.91 Å². The van der Waals surface area contributed by atoms with Crippen LogP contribution in [0.1, 0.15) is 38.2 Å². The molecule has 1 aromatic rings. The number of benzene rings is 1. The largest absolute Gasteiger partial charge is 0.340 e. The minimum Gasteiger partial charge on any atom is -0.340 e. The molecule has 1 unspecified atom stereocenters. The average Bonchev–Trinajstić information content (AvgIpc) is 2.77. The van der Waals surface area contributed by atoms with E-state index in [1.165, 1.54) is 25.7 Å². The van der Waals surface area contributed by atoms with E-state index in [1.807, 2.05) is 31.0 Å². The molecule has 0 bridgehead atoms. The van der Waals surface area contributed by atoms with Gasteiger partial charge in [-0.25, -0.2) is 0 Å². The van der Waals surface area contributed by atoms with Crippen LogP contribution in [0.5, 0.6) is 0 Å². The number of amides is 1. The molecule has 1 amide bonds. The monoisotopic (exact) mass is 352 g/mol. The lowest BCUT2D eigenvalue weighted by Gasteiger charge is -2.30. The van der Waals surface area contributed by atoms with Gasteiger partial charge in [0, 0.05) is 18.1 Å². The molecule has 0 N–H and O–H groups in total. The first-order valence-corrected chi connectivity index (χ1v) is 8.60. The molecular weight excluding hydrogens is 328 g/mol. The van der Waals surface area contributed by atoms with Gasteiger partial charge >= 0.3 is 0 Å². The molecule has 4 heteroatoms. The lowest BCUT2D eigenvalue weighted by molar-refractivity contribution is -0.135. The van der Waals surface area contributed by atoms with E-state index in [9.17, 15) is 4.79 Å². The van der Waals surface area contributed by atoms with Gasteiger partial charge < -0.3 is 4.90 Å². The Labute approximate surface area is 136 Å². The molecule has 1 aromatic carbocycles. The Bertz CT molecular complexity index is 452. The van der Waals surface area contributed by atoms with Crippen molar-refractivity contribution in [2.75, 3.05) is 20.1 Å². The van der Waals surface area contributed by atoms with E-state index in [0.29, 0.717) is 6.54 Å². The summed E-state index contributed by atoms with van der Waals surface area (Å²) in [5.74, 6) is 0.222. The summed E-state index contributed by atoms with van der Waals surface area (Å²) in [6, 6.07) is 8.15. The first kappa shape index (κ1) is 16.5. The van der Waals surface area contributed by atoms with Crippen molar-refractivity contribution in [3.63, 3.8) is 0 Å². The fourth-order valence-electron chi connectivity index (χ4n) is 2.90. The highest BCUT2D eigenvalue weighted by Crippen LogP contribution is 2.15. The standard InChI is InChI=1S/C17H25BrN2O/c1-14(20-11-5-3-4-6-12-20)17(21)19(2)13-15-7-9-16(18)10-8-15/h7-10,14H,3-6,11-13H2,1-2H3. The van der Waals surface area contributed by atoms with E-state index >= 15 is 0 Å². The second-order valence-corrected chi connectivity index (χ2v) is 6.86. The predicted octanol–water partition coefficient (Wildman–Crippen LogP) is 3.67. The number of nitrogens with zero attached hydrogens (tertiary/aromatic N) is 2. The van der Waals surface area contributed by atoms with Crippen LogP contribution in [0.2, 0.25) is 0 Å². The second kappa shape index (κ2) is 7.95. The van der Waals surface area contributed by atoms with Crippen molar-refractivity contribution >= 4 is 21.8 Å². The number of carbonyl (C=O) groups is 1. The van der Waals surface area contributed by atoms with E-state index in [0.717, 1.165) is 23.1 Å². The van der Waals surface area contributed by atoms with Crippen molar-refractivity contribution in [3.05, 3.63) is 34.3 Å². The van der Waals surface area contributed by atoms with Crippen LogP contribution in [0.15, 0.2) is 28.7 Å². The number of halogens is 1. The zero-order chi connectivity index (χ0) is 15.2. The van der Waals surface area contributed by atoms with Crippen molar-refractivity contribution in [2.45, 2.75) is 45.2 Å². The molecule has 116 valence electrons. The Balaban J connectivity index is 1.92. The van der Waals surface area contributed by atoms with Crippen molar-refractivity contribution in [1.29, 1.82) is 0 Å². The molecule has 1 atom stereocenters. The summed E-state index contributed by atoms with van der Waals surface area (Å²) in [5.41, 5.74) is 1.16. The zero-order valence-electron chi connectivity index (χ0n) is 13.0. The van der Waals surface area contributed by atoms with Crippen molar-refractivity contribution < 1.29 is 4.79 Å². The highest BCUT2D eigenvalue weighted by atomic mass is 79.9.